The molecule has 1 aliphatic rings. The van der Waals surface area contributed by atoms with E-state index in [9.17, 15) is 8.42 Å². The molecule has 1 aliphatic heterocycles. The molecule has 0 amide bonds. The van der Waals surface area contributed by atoms with Gasteiger partial charge in [0.15, 0.2) is 9.84 Å². The van der Waals surface area contributed by atoms with Crippen LogP contribution >= 0.6 is 0 Å². The SMILES string of the molecule is O=S1(=O)CCN(CCCOc2ccc3ncnc(Nc4ccc(OCc5ccccc5)cc4)c3c2)CC1. The van der Waals surface area contributed by atoms with E-state index in [-0.39, 0.29) is 11.5 Å². The summed E-state index contributed by atoms with van der Waals surface area (Å²) in [7, 11) is -2.85. The maximum Gasteiger partial charge on any atom is 0.152 e. The summed E-state index contributed by atoms with van der Waals surface area (Å²) < 4.78 is 35.0. The first kappa shape index (κ1) is 25.0. The van der Waals surface area contributed by atoms with Crippen LogP contribution in [0.15, 0.2) is 79.1 Å². The first-order valence-electron chi connectivity index (χ1n) is 12.4. The van der Waals surface area contributed by atoms with E-state index in [1.54, 1.807) is 6.33 Å². The Hall–Kier alpha value is -3.69. The first-order chi connectivity index (χ1) is 18.0. The van der Waals surface area contributed by atoms with E-state index in [2.05, 4.69) is 20.2 Å². The highest BCUT2D eigenvalue weighted by Gasteiger charge is 2.20. The quantitative estimate of drug-likeness (QED) is 0.308. The van der Waals surface area contributed by atoms with Gasteiger partial charge in [0.1, 0.15) is 30.3 Å². The Balaban J connectivity index is 1.17. The van der Waals surface area contributed by atoms with Crippen LogP contribution in [0.4, 0.5) is 11.5 Å². The van der Waals surface area contributed by atoms with Crippen molar-refractivity contribution in [1.29, 1.82) is 0 Å². The third-order valence-electron chi connectivity index (χ3n) is 6.30. The molecule has 2 heterocycles. The van der Waals surface area contributed by atoms with E-state index in [1.807, 2.05) is 72.8 Å². The molecular weight excluding hydrogens is 488 g/mol. The van der Waals surface area contributed by atoms with Crippen molar-refractivity contribution >= 4 is 32.2 Å². The number of nitrogens with one attached hydrogen (secondary N) is 1. The van der Waals surface area contributed by atoms with Crippen molar-refractivity contribution in [3.8, 4) is 11.5 Å². The molecule has 0 atom stereocenters. The summed E-state index contributed by atoms with van der Waals surface area (Å²) in [5.41, 5.74) is 2.83. The summed E-state index contributed by atoms with van der Waals surface area (Å²) in [6.07, 6.45) is 2.37. The largest absolute Gasteiger partial charge is 0.494 e. The number of ether oxygens (including phenoxy) is 2. The topological polar surface area (TPSA) is 93.7 Å². The molecule has 0 aliphatic carbocycles. The second-order valence-corrected chi connectivity index (χ2v) is 11.3. The van der Waals surface area contributed by atoms with Gasteiger partial charge in [-0.25, -0.2) is 18.4 Å². The van der Waals surface area contributed by atoms with Crippen LogP contribution < -0.4 is 14.8 Å². The minimum absolute atomic E-state index is 0.248. The molecule has 1 fully saturated rings. The zero-order chi connectivity index (χ0) is 25.5. The zero-order valence-corrected chi connectivity index (χ0v) is 21.4. The molecule has 0 bridgehead atoms. The molecule has 37 heavy (non-hydrogen) atoms. The third kappa shape index (κ3) is 6.96. The molecule has 8 nitrogen and oxygen atoms in total. The second-order valence-electron chi connectivity index (χ2n) is 9.02. The van der Waals surface area contributed by atoms with Crippen molar-refractivity contribution in [2.45, 2.75) is 13.0 Å². The highest BCUT2D eigenvalue weighted by molar-refractivity contribution is 7.91. The van der Waals surface area contributed by atoms with Gasteiger partial charge in [-0.15, -0.1) is 0 Å². The van der Waals surface area contributed by atoms with E-state index in [0.29, 0.717) is 32.1 Å². The summed E-state index contributed by atoms with van der Waals surface area (Å²) >= 11 is 0. The first-order valence-corrected chi connectivity index (χ1v) is 14.2. The Labute approximate surface area is 217 Å². The van der Waals surface area contributed by atoms with Gasteiger partial charge < -0.3 is 19.7 Å². The van der Waals surface area contributed by atoms with Gasteiger partial charge in [0, 0.05) is 30.7 Å². The van der Waals surface area contributed by atoms with E-state index < -0.39 is 9.84 Å². The number of nitrogens with zero attached hydrogens (tertiary/aromatic N) is 3. The lowest BCUT2D eigenvalue weighted by molar-refractivity contribution is 0.246. The highest BCUT2D eigenvalue weighted by atomic mass is 32.2. The van der Waals surface area contributed by atoms with Crippen molar-refractivity contribution in [3.63, 3.8) is 0 Å². The Kier molecular flexibility index (Phi) is 7.82. The maximum absolute atomic E-state index is 11.6. The van der Waals surface area contributed by atoms with Crippen LogP contribution in [0.2, 0.25) is 0 Å². The summed E-state index contributed by atoms with van der Waals surface area (Å²) in [5, 5.41) is 4.24. The van der Waals surface area contributed by atoms with Gasteiger partial charge in [0.2, 0.25) is 0 Å². The standard InChI is InChI=1S/C28H30N4O4S/c33-37(34)17-14-32(15-18-37)13-4-16-35-25-11-12-27-26(19-25)28(30-21-29-27)31-23-7-9-24(10-8-23)36-20-22-5-2-1-3-6-22/h1-3,5-12,19,21H,4,13-18,20H2,(H,29,30,31). The number of aromatic nitrogens is 2. The number of benzene rings is 3. The number of sulfone groups is 1. The van der Waals surface area contributed by atoms with Gasteiger partial charge in [-0.05, 0) is 54.4 Å². The predicted molar refractivity (Wildman–Crippen MR) is 145 cm³/mol. The van der Waals surface area contributed by atoms with Crippen molar-refractivity contribution in [2.75, 3.05) is 43.1 Å². The fourth-order valence-electron chi connectivity index (χ4n) is 4.19. The fraction of sp³-hybridized carbons (Fsp3) is 0.286. The van der Waals surface area contributed by atoms with E-state index in [1.165, 1.54) is 0 Å². The molecular formula is C28H30N4O4S. The van der Waals surface area contributed by atoms with Gasteiger partial charge in [0.05, 0.1) is 23.6 Å². The molecule has 9 heteroatoms. The number of rotatable bonds is 10. The summed E-state index contributed by atoms with van der Waals surface area (Å²) in [6, 6.07) is 23.6. The highest BCUT2D eigenvalue weighted by Crippen LogP contribution is 2.28. The molecule has 192 valence electrons. The lowest BCUT2D eigenvalue weighted by Crippen LogP contribution is -2.40. The average molecular weight is 519 g/mol. The minimum atomic E-state index is -2.85. The van der Waals surface area contributed by atoms with E-state index in [0.717, 1.165) is 46.6 Å². The summed E-state index contributed by atoms with van der Waals surface area (Å²) in [5.74, 6) is 2.73. The van der Waals surface area contributed by atoms with Crippen molar-refractivity contribution in [1.82, 2.24) is 14.9 Å². The Morgan fingerprint density at radius 1 is 0.865 bits per heavy atom. The molecule has 4 aromatic rings. The number of anilines is 2. The monoisotopic (exact) mass is 518 g/mol. The number of hydrogen-bond donors (Lipinski definition) is 1. The zero-order valence-electron chi connectivity index (χ0n) is 20.5. The van der Waals surface area contributed by atoms with Crippen LogP contribution in [0.25, 0.3) is 10.9 Å². The number of fused-ring (bicyclic) bond motifs is 1. The minimum Gasteiger partial charge on any atom is -0.494 e. The molecule has 0 radical (unpaired) electrons. The van der Waals surface area contributed by atoms with Gasteiger partial charge >= 0.3 is 0 Å². The van der Waals surface area contributed by atoms with Gasteiger partial charge in [0.25, 0.3) is 0 Å². The predicted octanol–water partition coefficient (Wildman–Crippen LogP) is 4.45. The molecule has 3 aromatic carbocycles. The summed E-state index contributed by atoms with van der Waals surface area (Å²) in [4.78, 5) is 11.0. The lowest BCUT2D eigenvalue weighted by Gasteiger charge is -2.26. The van der Waals surface area contributed by atoms with Crippen molar-refractivity contribution in [2.24, 2.45) is 0 Å². The smallest absolute Gasteiger partial charge is 0.152 e. The van der Waals surface area contributed by atoms with Crippen LogP contribution in [-0.2, 0) is 16.4 Å². The Morgan fingerprint density at radius 3 is 2.41 bits per heavy atom. The fourth-order valence-corrected chi connectivity index (χ4v) is 5.47. The molecule has 0 spiro atoms. The van der Waals surface area contributed by atoms with Crippen LogP contribution in [0.1, 0.15) is 12.0 Å². The van der Waals surface area contributed by atoms with Gasteiger partial charge in [-0.1, -0.05) is 30.3 Å². The van der Waals surface area contributed by atoms with Gasteiger partial charge in [-0.3, -0.25) is 0 Å². The molecule has 0 unspecified atom stereocenters. The van der Waals surface area contributed by atoms with Crippen LogP contribution in [-0.4, -0.2) is 61.0 Å². The van der Waals surface area contributed by atoms with E-state index >= 15 is 0 Å². The van der Waals surface area contributed by atoms with Crippen LogP contribution in [0, 0.1) is 0 Å². The molecule has 1 saturated heterocycles. The molecule has 0 saturated carbocycles. The normalized spacial score (nSPS) is 15.4. The lowest BCUT2D eigenvalue weighted by atomic mass is 10.2. The van der Waals surface area contributed by atoms with Crippen LogP contribution in [0.3, 0.4) is 0 Å². The molecule has 5 rings (SSSR count). The van der Waals surface area contributed by atoms with Gasteiger partial charge in [-0.2, -0.15) is 0 Å². The third-order valence-corrected chi connectivity index (χ3v) is 7.91. The van der Waals surface area contributed by atoms with E-state index in [4.69, 9.17) is 9.47 Å². The van der Waals surface area contributed by atoms with Crippen LogP contribution in [0.5, 0.6) is 11.5 Å². The Bertz CT molecular complexity index is 1420. The van der Waals surface area contributed by atoms with Crippen molar-refractivity contribution in [3.05, 3.63) is 84.7 Å². The summed E-state index contributed by atoms with van der Waals surface area (Å²) in [6.45, 7) is 3.10. The number of hydrogen-bond acceptors (Lipinski definition) is 8. The molecule has 1 N–H and O–H groups in total. The van der Waals surface area contributed by atoms with Crippen molar-refractivity contribution < 1.29 is 17.9 Å². The molecule has 1 aromatic heterocycles. The average Bonchev–Trinajstić information content (AvgIpc) is 2.92. The maximum atomic E-state index is 11.6. The second kappa shape index (κ2) is 11.6. The Morgan fingerprint density at radius 2 is 1.62 bits per heavy atom.